The largest absolute Gasteiger partial charge is 0.396 e. The van der Waals surface area contributed by atoms with Gasteiger partial charge in [0.2, 0.25) is 0 Å². The molecule has 2 heteroatoms. The van der Waals surface area contributed by atoms with Crippen molar-refractivity contribution in [3.05, 3.63) is 12.2 Å². The number of aliphatic hydroxyl groups is 1. The van der Waals surface area contributed by atoms with Crippen LogP contribution in [0.3, 0.4) is 0 Å². The molecule has 0 atom stereocenters. The Labute approximate surface area is 82.0 Å². The lowest BCUT2D eigenvalue weighted by molar-refractivity contribution is 0.237. The van der Waals surface area contributed by atoms with Crippen molar-refractivity contribution >= 4 is 0 Å². The highest BCUT2D eigenvalue weighted by Crippen LogP contribution is 2.20. The van der Waals surface area contributed by atoms with Gasteiger partial charge in [-0.2, -0.15) is 0 Å². The Bertz CT molecular complexity index is 152. The summed E-state index contributed by atoms with van der Waals surface area (Å²) < 4.78 is 0. The average molecular weight is 185 g/mol. The molecule has 2 N–H and O–H groups in total. The van der Waals surface area contributed by atoms with Crippen LogP contribution in [-0.2, 0) is 0 Å². The van der Waals surface area contributed by atoms with E-state index in [1.165, 1.54) is 0 Å². The van der Waals surface area contributed by atoms with Crippen LogP contribution < -0.4 is 5.32 Å². The Balaban J connectivity index is 3.56. The summed E-state index contributed by atoms with van der Waals surface area (Å²) in [4.78, 5) is 0. The van der Waals surface area contributed by atoms with Crippen molar-refractivity contribution in [1.29, 1.82) is 0 Å². The van der Waals surface area contributed by atoms with Crippen LogP contribution in [0.25, 0.3) is 0 Å². The fourth-order valence-electron chi connectivity index (χ4n) is 1.26. The van der Waals surface area contributed by atoms with E-state index >= 15 is 0 Å². The number of aliphatic hydroxyl groups excluding tert-OH is 1. The summed E-state index contributed by atoms with van der Waals surface area (Å²) in [5.41, 5.74) is 1.44. The third kappa shape index (κ3) is 8.00. The molecule has 0 saturated carbocycles. The van der Waals surface area contributed by atoms with Crippen LogP contribution in [0.4, 0.5) is 0 Å². The van der Waals surface area contributed by atoms with E-state index in [-0.39, 0.29) is 5.41 Å². The molecule has 0 aromatic rings. The molecule has 0 spiro atoms. The molecule has 0 heterocycles. The van der Waals surface area contributed by atoms with Crippen LogP contribution >= 0.6 is 0 Å². The maximum atomic E-state index is 8.71. The van der Waals surface area contributed by atoms with Gasteiger partial charge >= 0.3 is 0 Å². The summed E-state index contributed by atoms with van der Waals surface area (Å²) in [5, 5.41) is 12.1. The molecule has 0 bridgehead atoms. The average Bonchev–Trinajstić information content (AvgIpc) is 2.00. The normalized spacial score (nSPS) is 11.7. The Hall–Kier alpha value is -0.340. The first-order valence-corrected chi connectivity index (χ1v) is 4.94. The molecule has 78 valence electrons. The topological polar surface area (TPSA) is 32.3 Å². The summed E-state index contributed by atoms with van der Waals surface area (Å²) >= 11 is 0. The SMILES string of the molecule is C=C(C)CNCC(C)(C)CCCO. The van der Waals surface area contributed by atoms with Crippen LogP contribution in [0.5, 0.6) is 0 Å². The highest BCUT2D eigenvalue weighted by molar-refractivity contribution is 4.91. The molecule has 0 aromatic carbocycles. The first-order valence-electron chi connectivity index (χ1n) is 4.94. The zero-order valence-electron chi connectivity index (χ0n) is 9.19. The molecule has 13 heavy (non-hydrogen) atoms. The number of rotatable bonds is 7. The molecule has 0 fully saturated rings. The summed E-state index contributed by atoms with van der Waals surface area (Å²) in [6, 6.07) is 0. The summed E-state index contributed by atoms with van der Waals surface area (Å²) in [5.74, 6) is 0. The standard InChI is InChI=1S/C11H23NO/c1-10(2)8-12-9-11(3,4)6-5-7-13/h12-13H,1,5-9H2,2-4H3. The summed E-state index contributed by atoms with van der Waals surface area (Å²) in [6.45, 7) is 12.5. The van der Waals surface area contributed by atoms with Gasteiger partial charge in [-0.25, -0.2) is 0 Å². The highest BCUT2D eigenvalue weighted by Gasteiger charge is 2.16. The van der Waals surface area contributed by atoms with Crippen molar-refractivity contribution in [2.75, 3.05) is 19.7 Å². The third-order valence-electron chi connectivity index (χ3n) is 2.04. The number of hydrogen-bond donors (Lipinski definition) is 2. The second-order valence-corrected chi connectivity index (χ2v) is 4.55. The van der Waals surface area contributed by atoms with Gasteiger partial charge in [0.1, 0.15) is 0 Å². The van der Waals surface area contributed by atoms with Gasteiger partial charge in [-0.3, -0.25) is 0 Å². The fourth-order valence-corrected chi connectivity index (χ4v) is 1.26. The summed E-state index contributed by atoms with van der Waals surface area (Å²) in [7, 11) is 0. The van der Waals surface area contributed by atoms with Crippen molar-refractivity contribution in [1.82, 2.24) is 5.32 Å². The van der Waals surface area contributed by atoms with E-state index in [1.54, 1.807) is 0 Å². The van der Waals surface area contributed by atoms with Crippen LogP contribution in [0.1, 0.15) is 33.6 Å². The number of nitrogens with one attached hydrogen (secondary N) is 1. The van der Waals surface area contributed by atoms with Gasteiger partial charge in [0, 0.05) is 19.7 Å². The molecule has 0 radical (unpaired) electrons. The maximum absolute atomic E-state index is 8.71. The fraction of sp³-hybridized carbons (Fsp3) is 0.818. The van der Waals surface area contributed by atoms with Crippen LogP contribution in [0, 0.1) is 5.41 Å². The Morgan fingerprint density at radius 2 is 2.08 bits per heavy atom. The quantitative estimate of drug-likeness (QED) is 0.594. The van der Waals surface area contributed by atoms with Crippen molar-refractivity contribution in [3.8, 4) is 0 Å². The van der Waals surface area contributed by atoms with Crippen LogP contribution in [0.15, 0.2) is 12.2 Å². The van der Waals surface area contributed by atoms with Crippen molar-refractivity contribution in [2.24, 2.45) is 5.41 Å². The van der Waals surface area contributed by atoms with Gasteiger partial charge in [0.25, 0.3) is 0 Å². The van der Waals surface area contributed by atoms with Gasteiger partial charge in [0.15, 0.2) is 0 Å². The van der Waals surface area contributed by atoms with Crippen LogP contribution in [0.2, 0.25) is 0 Å². The van der Waals surface area contributed by atoms with E-state index in [0.29, 0.717) is 6.61 Å². The molecule has 0 rings (SSSR count). The second-order valence-electron chi connectivity index (χ2n) is 4.55. The zero-order chi connectivity index (χ0) is 10.3. The molecule has 0 aliphatic rings. The van der Waals surface area contributed by atoms with Gasteiger partial charge in [-0.15, -0.1) is 0 Å². The molecule has 0 amide bonds. The third-order valence-corrected chi connectivity index (χ3v) is 2.04. The molecule has 0 saturated heterocycles. The Kier molecular flexibility index (Phi) is 6.00. The molecular formula is C11H23NO. The lowest BCUT2D eigenvalue weighted by Crippen LogP contribution is -2.30. The zero-order valence-corrected chi connectivity index (χ0v) is 9.19. The van der Waals surface area contributed by atoms with E-state index in [4.69, 9.17) is 5.11 Å². The molecule has 0 aromatic heterocycles. The first kappa shape index (κ1) is 12.7. The van der Waals surface area contributed by atoms with E-state index in [0.717, 1.165) is 31.5 Å². The Morgan fingerprint density at radius 3 is 2.54 bits per heavy atom. The molecule has 2 nitrogen and oxygen atoms in total. The molecule has 0 aliphatic carbocycles. The summed E-state index contributed by atoms with van der Waals surface area (Å²) in [6.07, 6.45) is 1.95. The van der Waals surface area contributed by atoms with Crippen LogP contribution in [-0.4, -0.2) is 24.8 Å². The van der Waals surface area contributed by atoms with Gasteiger partial charge < -0.3 is 10.4 Å². The minimum Gasteiger partial charge on any atom is -0.396 e. The highest BCUT2D eigenvalue weighted by atomic mass is 16.2. The van der Waals surface area contributed by atoms with E-state index in [2.05, 4.69) is 25.7 Å². The predicted octanol–water partition coefficient (Wildman–Crippen LogP) is 1.95. The number of hydrogen-bond acceptors (Lipinski definition) is 2. The van der Waals surface area contributed by atoms with Crippen molar-refractivity contribution in [2.45, 2.75) is 33.6 Å². The molecule has 0 unspecified atom stereocenters. The minimum atomic E-state index is 0.276. The smallest absolute Gasteiger partial charge is 0.0431 e. The minimum absolute atomic E-state index is 0.276. The lowest BCUT2D eigenvalue weighted by atomic mass is 9.88. The van der Waals surface area contributed by atoms with Gasteiger partial charge in [0.05, 0.1) is 0 Å². The first-order chi connectivity index (χ1) is 5.98. The van der Waals surface area contributed by atoms with E-state index in [9.17, 15) is 0 Å². The van der Waals surface area contributed by atoms with E-state index < -0.39 is 0 Å². The van der Waals surface area contributed by atoms with Gasteiger partial charge in [-0.05, 0) is 25.2 Å². The molecule has 0 aliphatic heterocycles. The van der Waals surface area contributed by atoms with E-state index in [1.807, 2.05) is 6.92 Å². The van der Waals surface area contributed by atoms with Crippen molar-refractivity contribution < 1.29 is 5.11 Å². The van der Waals surface area contributed by atoms with Gasteiger partial charge in [-0.1, -0.05) is 26.0 Å². The predicted molar refractivity (Wildman–Crippen MR) is 57.8 cm³/mol. The lowest BCUT2D eigenvalue weighted by Gasteiger charge is -2.24. The van der Waals surface area contributed by atoms with Crippen molar-refractivity contribution in [3.63, 3.8) is 0 Å². The monoisotopic (exact) mass is 185 g/mol. The second kappa shape index (κ2) is 6.17. The maximum Gasteiger partial charge on any atom is 0.0431 e. The Morgan fingerprint density at radius 1 is 1.46 bits per heavy atom. The molecular weight excluding hydrogens is 162 g/mol.